The Balaban J connectivity index is 2.16. The van der Waals surface area contributed by atoms with E-state index in [1.165, 1.54) is 30.5 Å². The summed E-state index contributed by atoms with van der Waals surface area (Å²) in [6.45, 7) is -1.39. The molecule has 1 aromatic carbocycles. The largest absolute Gasteiger partial charge is 0.493 e. The molecule has 0 atom stereocenters. The Labute approximate surface area is 151 Å². The number of H-pyrrole nitrogens is 1. The van der Waals surface area contributed by atoms with Crippen LogP contribution in [0.2, 0.25) is 0 Å². The minimum Gasteiger partial charge on any atom is -0.493 e. The predicted octanol–water partition coefficient (Wildman–Crippen LogP) is 3.65. The molecule has 0 saturated carbocycles. The number of ether oxygens (including phenoxy) is 2. The average molecular weight is 388 g/mol. The lowest BCUT2D eigenvalue weighted by Gasteiger charge is -2.14. The molecule has 2 rings (SSSR count). The van der Waals surface area contributed by atoms with Crippen molar-refractivity contribution in [2.45, 2.75) is 19.0 Å². The number of hydrogen-bond acceptors (Lipinski definition) is 4. The standard InChI is InChI=1S/C17H16F4N2O4/c18-10-27-12-2-3-14(26-7-1-5-17(19,20)21)13(9-12)16(25)23-11-4-6-22-15(24)8-11/h2-4,6,8-9H,1,5,7,10H2,(H2,22,23,24,25). The Morgan fingerprint density at radius 1 is 1.15 bits per heavy atom. The zero-order valence-corrected chi connectivity index (χ0v) is 13.9. The maximum absolute atomic E-state index is 12.5. The third kappa shape index (κ3) is 6.65. The van der Waals surface area contributed by atoms with Crippen LogP contribution in [0.25, 0.3) is 0 Å². The number of hydrogen-bond donors (Lipinski definition) is 2. The van der Waals surface area contributed by atoms with E-state index in [0.717, 1.165) is 6.07 Å². The highest BCUT2D eigenvalue weighted by molar-refractivity contribution is 6.06. The summed E-state index contributed by atoms with van der Waals surface area (Å²) in [5.74, 6) is -0.655. The van der Waals surface area contributed by atoms with E-state index >= 15 is 0 Å². The predicted molar refractivity (Wildman–Crippen MR) is 88.8 cm³/mol. The Bertz CT molecular complexity index is 836. The van der Waals surface area contributed by atoms with E-state index in [1.54, 1.807) is 0 Å². The molecule has 10 heteroatoms. The number of carbonyl (C=O) groups excluding carboxylic acids is 1. The number of carbonyl (C=O) groups is 1. The van der Waals surface area contributed by atoms with Gasteiger partial charge in [-0.2, -0.15) is 13.2 Å². The van der Waals surface area contributed by atoms with Gasteiger partial charge in [-0.15, -0.1) is 0 Å². The first-order valence-electron chi connectivity index (χ1n) is 7.81. The molecule has 0 radical (unpaired) electrons. The second-order valence-electron chi connectivity index (χ2n) is 5.37. The number of anilines is 1. The second kappa shape index (κ2) is 9.06. The lowest BCUT2D eigenvalue weighted by Crippen LogP contribution is -2.16. The molecule has 0 saturated heterocycles. The first-order chi connectivity index (χ1) is 12.8. The quantitative estimate of drug-likeness (QED) is 0.534. The van der Waals surface area contributed by atoms with Crippen LogP contribution >= 0.6 is 0 Å². The van der Waals surface area contributed by atoms with Crippen LogP contribution in [0.3, 0.4) is 0 Å². The highest BCUT2D eigenvalue weighted by Crippen LogP contribution is 2.27. The fourth-order valence-corrected chi connectivity index (χ4v) is 2.14. The van der Waals surface area contributed by atoms with Crippen molar-refractivity contribution in [3.05, 3.63) is 52.4 Å². The molecule has 0 spiro atoms. The number of nitrogens with one attached hydrogen (secondary N) is 2. The van der Waals surface area contributed by atoms with Gasteiger partial charge in [0.1, 0.15) is 11.5 Å². The van der Waals surface area contributed by atoms with E-state index in [4.69, 9.17) is 4.74 Å². The van der Waals surface area contributed by atoms with E-state index in [2.05, 4.69) is 15.0 Å². The van der Waals surface area contributed by atoms with Crippen molar-refractivity contribution >= 4 is 11.6 Å². The Kier molecular flexibility index (Phi) is 6.80. The summed E-state index contributed by atoms with van der Waals surface area (Å²) in [5, 5.41) is 2.46. The fourth-order valence-electron chi connectivity index (χ4n) is 2.14. The molecular weight excluding hydrogens is 372 g/mol. The topological polar surface area (TPSA) is 80.4 Å². The molecule has 0 bridgehead atoms. The lowest BCUT2D eigenvalue weighted by atomic mass is 10.1. The number of rotatable bonds is 8. The van der Waals surface area contributed by atoms with Gasteiger partial charge in [-0.25, -0.2) is 4.39 Å². The highest BCUT2D eigenvalue weighted by Gasteiger charge is 2.26. The van der Waals surface area contributed by atoms with Gasteiger partial charge in [0.05, 0.1) is 12.2 Å². The molecule has 0 aliphatic carbocycles. The van der Waals surface area contributed by atoms with Gasteiger partial charge in [0.15, 0.2) is 0 Å². The lowest BCUT2D eigenvalue weighted by molar-refractivity contribution is -0.136. The molecule has 27 heavy (non-hydrogen) atoms. The number of halogens is 4. The van der Waals surface area contributed by atoms with E-state index in [0.29, 0.717) is 0 Å². The molecule has 1 aromatic heterocycles. The van der Waals surface area contributed by atoms with Gasteiger partial charge in [-0.1, -0.05) is 0 Å². The zero-order chi connectivity index (χ0) is 19.9. The first-order valence-corrected chi connectivity index (χ1v) is 7.81. The Morgan fingerprint density at radius 3 is 2.59 bits per heavy atom. The Hall–Kier alpha value is -3.04. The van der Waals surface area contributed by atoms with Crippen molar-refractivity contribution in [3.8, 4) is 11.5 Å². The highest BCUT2D eigenvalue weighted by atomic mass is 19.4. The molecule has 2 N–H and O–H groups in total. The normalized spacial score (nSPS) is 11.1. The van der Waals surface area contributed by atoms with Crippen molar-refractivity contribution in [1.82, 2.24) is 4.98 Å². The number of alkyl halides is 4. The number of aromatic nitrogens is 1. The Morgan fingerprint density at radius 2 is 1.93 bits per heavy atom. The molecule has 0 aliphatic rings. The molecule has 2 aromatic rings. The van der Waals surface area contributed by atoms with Crippen molar-refractivity contribution in [1.29, 1.82) is 0 Å². The smallest absolute Gasteiger partial charge is 0.389 e. The van der Waals surface area contributed by atoms with Crippen LogP contribution in [-0.4, -0.2) is 30.5 Å². The van der Waals surface area contributed by atoms with Gasteiger partial charge in [0, 0.05) is 24.4 Å². The third-order valence-corrected chi connectivity index (χ3v) is 3.31. The van der Waals surface area contributed by atoms with Crippen LogP contribution in [0, 0.1) is 0 Å². The second-order valence-corrected chi connectivity index (χ2v) is 5.37. The van der Waals surface area contributed by atoms with Crippen LogP contribution in [0.4, 0.5) is 23.2 Å². The van der Waals surface area contributed by atoms with Gasteiger partial charge < -0.3 is 19.8 Å². The van der Waals surface area contributed by atoms with Crippen molar-refractivity contribution in [3.63, 3.8) is 0 Å². The zero-order valence-electron chi connectivity index (χ0n) is 13.9. The molecule has 1 amide bonds. The van der Waals surface area contributed by atoms with E-state index < -0.39 is 30.9 Å². The molecule has 1 heterocycles. The summed E-state index contributed by atoms with van der Waals surface area (Å²) in [4.78, 5) is 26.1. The first kappa shape index (κ1) is 20.3. The summed E-state index contributed by atoms with van der Waals surface area (Å²) < 4.78 is 58.9. The number of benzene rings is 1. The molecule has 146 valence electrons. The summed E-state index contributed by atoms with van der Waals surface area (Å²) in [5.41, 5.74) is -0.317. The minimum atomic E-state index is -4.30. The minimum absolute atomic E-state index is 0.00530. The van der Waals surface area contributed by atoms with Crippen LogP contribution < -0.4 is 20.3 Å². The summed E-state index contributed by atoms with van der Waals surface area (Å²) >= 11 is 0. The summed E-state index contributed by atoms with van der Waals surface area (Å²) in [7, 11) is 0. The molecule has 0 aliphatic heterocycles. The van der Waals surface area contributed by atoms with Crippen molar-refractivity contribution < 1.29 is 31.8 Å². The number of pyridine rings is 1. The van der Waals surface area contributed by atoms with E-state index in [9.17, 15) is 27.2 Å². The average Bonchev–Trinajstić information content (AvgIpc) is 2.59. The van der Waals surface area contributed by atoms with Gasteiger partial charge in [0.25, 0.3) is 5.91 Å². The van der Waals surface area contributed by atoms with Crippen LogP contribution in [0.1, 0.15) is 23.2 Å². The fraction of sp³-hybridized carbons (Fsp3) is 0.294. The number of amides is 1. The SMILES string of the molecule is O=C(Nc1cc[nH]c(=O)c1)c1cc(OCF)ccc1OCCCC(F)(F)F. The maximum Gasteiger partial charge on any atom is 0.389 e. The third-order valence-electron chi connectivity index (χ3n) is 3.31. The van der Waals surface area contributed by atoms with Gasteiger partial charge in [-0.3, -0.25) is 9.59 Å². The van der Waals surface area contributed by atoms with E-state index in [1.807, 2.05) is 0 Å². The van der Waals surface area contributed by atoms with Gasteiger partial charge >= 0.3 is 6.18 Å². The van der Waals surface area contributed by atoms with Crippen LogP contribution in [-0.2, 0) is 0 Å². The maximum atomic E-state index is 12.5. The molecule has 0 fully saturated rings. The molecular formula is C17H16F4N2O4. The van der Waals surface area contributed by atoms with Gasteiger partial charge in [-0.05, 0) is 30.7 Å². The van der Waals surface area contributed by atoms with Gasteiger partial charge in [0.2, 0.25) is 12.4 Å². The number of aromatic amines is 1. The van der Waals surface area contributed by atoms with Crippen molar-refractivity contribution in [2.24, 2.45) is 0 Å². The summed E-state index contributed by atoms with van der Waals surface area (Å²) in [6, 6.07) is 6.39. The summed E-state index contributed by atoms with van der Waals surface area (Å²) in [6.07, 6.45) is -4.29. The van der Waals surface area contributed by atoms with Crippen molar-refractivity contribution in [2.75, 3.05) is 18.8 Å². The monoisotopic (exact) mass is 388 g/mol. The van der Waals surface area contributed by atoms with E-state index in [-0.39, 0.29) is 35.8 Å². The molecule has 0 unspecified atom stereocenters. The van der Waals surface area contributed by atoms with Crippen LogP contribution in [0.15, 0.2) is 41.3 Å². The molecule has 6 nitrogen and oxygen atoms in total. The van der Waals surface area contributed by atoms with Crippen LogP contribution in [0.5, 0.6) is 11.5 Å².